The number of hydrogen-bond acceptors (Lipinski definition) is 2. The Labute approximate surface area is 120 Å². The maximum absolute atomic E-state index is 6.44. The van der Waals surface area contributed by atoms with Gasteiger partial charge in [0.25, 0.3) is 0 Å². The van der Waals surface area contributed by atoms with Crippen LogP contribution in [0.15, 0.2) is 36.4 Å². The molecular weight excluding hydrogens is 244 g/mol. The molecular formula is C18H22N2. The van der Waals surface area contributed by atoms with Crippen molar-refractivity contribution >= 4 is 10.9 Å². The highest BCUT2D eigenvalue weighted by atomic mass is 14.8. The van der Waals surface area contributed by atoms with E-state index in [1.165, 1.54) is 31.1 Å². The van der Waals surface area contributed by atoms with Crippen LogP contribution in [0.2, 0.25) is 0 Å². The molecule has 1 aromatic carbocycles. The van der Waals surface area contributed by atoms with Crippen LogP contribution in [0, 0.1) is 17.8 Å². The average Bonchev–Trinajstić information content (AvgIpc) is 3.09. The molecule has 0 radical (unpaired) electrons. The summed E-state index contributed by atoms with van der Waals surface area (Å²) in [6.07, 6.45) is 6.89. The van der Waals surface area contributed by atoms with Gasteiger partial charge in [-0.3, -0.25) is 4.98 Å². The molecule has 104 valence electrons. The van der Waals surface area contributed by atoms with Gasteiger partial charge in [-0.15, -0.1) is 0 Å². The van der Waals surface area contributed by atoms with Gasteiger partial charge in [-0.1, -0.05) is 30.7 Å². The number of nitrogens with two attached hydrogens (primary N) is 1. The maximum Gasteiger partial charge on any atom is 0.0706 e. The smallest absolute Gasteiger partial charge is 0.0706 e. The van der Waals surface area contributed by atoms with E-state index in [1.807, 2.05) is 6.07 Å². The minimum atomic E-state index is 0.101. The Bertz CT molecular complexity index is 622. The molecule has 2 fully saturated rings. The van der Waals surface area contributed by atoms with E-state index in [-0.39, 0.29) is 6.04 Å². The fourth-order valence-corrected chi connectivity index (χ4v) is 4.40. The second-order valence-electron chi connectivity index (χ2n) is 6.71. The molecule has 2 nitrogen and oxygen atoms in total. The van der Waals surface area contributed by atoms with Crippen LogP contribution in [0.1, 0.15) is 43.8 Å². The molecule has 2 aliphatic carbocycles. The van der Waals surface area contributed by atoms with Crippen LogP contribution >= 0.6 is 0 Å². The third kappa shape index (κ3) is 2.12. The molecule has 2 N–H and O–H groups in total. The highest BCUT2D eigenvalue weighted by molar-refractivity contribution is 5.78. The summed E-state index contributed by atoms with van der Waals surface area (Å²) in [6, 6.07) is 12.6. The molecule has 2 aromatic rings. The highest BCUT2D eigenvalue weighted by Gasteiger charge is 2.39. The first-order valence-electron chi connectivity index (χ1n) is 7.91. The van der Waals surface area contributed by atoms with Gasteiger partial charge in [-0.25, -0.2) is 0 Å². The van der Waals surface area contributed by atoms with Crippen LogP contribution in [0.25, 0.3) is 10.9 Å². The lowest BCUT2D eigenvalue weighted by molar-refractivity contribution is 0.295. The largest absolute Gasteiger partial charge is 0.323 e. The molecule has 2 saturated carbocycles. The molecule has 4 atom stereocenters. The first kappa shape index (κ1) is 12.3. The molecule has 2 aliphatic rings. The first-order chi connectivity index (χ1) is 9.79. The SMILES string of the molecule is NC(CC1CC2CCC1C2)c1ccc2ccccc2n1. The minimum Gasteiger partial charge on any atom is -0.323 e. The molecule has 4 unspecified atom stereocenters. The summed E-state index contributed by atoms with van der Waals surface area (Å²) in [7, 11) is 0. The van der Waals surface area contributed by atoms with Gasteiger partial charge in [-0.05, 0) is 55.6 Å². The lowest BCUT2D eigenvalue weighted by Gasteiger charge is -2.24. The Morgan fingerprint density at radius 1 is 1.10 bits per heavy atom. The predicted octanol–water partition coefficient (Wildman–Crippen LogP) is 4.06. The number of nitrogens with zero attached hydrogens (tertiary/aromatic N) is 1. The third-order valence-corrected chi connectivity index (χ3v) is 5.44. The summed E-state index contributed by atoms with van der Waals surface area (Å²) in [4.78, 5) is 4.75. The number of para-hydroxylation sites is 1. The van der Waals surface area contributed by atoms with E-state index < -0.39 is 0 Å². The van der Waals surface area contributed by atoms with Gasteiger partial charge in [0.1, 0.15) is 0 Å². The molecule has 2 bridgehead atoms. The van der Waals surface area contributed by atoms with Crippen LogP contribution in [-0.2, 0) is 0 Å². The van der Waals surface area contributed by atoms with Gasteiger partial charge < -0.3 is 5.73 Å². The predicted molar refractivity (Wildman–Crippen MR) is 82.2 cm³/mol. The Hall–Kier alpha value is -1.41. The number of hydrogen-bond donors (Lipinski definition) is 1. The molecule has 0 amide bonds. The van der Waals surface area contributed by atoms with Gasteiger partial charge in [-0.2, -0.15) is 0 Å². The van der Waals surface area contributed by atoms with Gasteiger partial charge in [0, 0.05) is 11.4 Å². The van der Waals surface area contributed by atoms with E-state index in [4.69, 9.17) is 10.7 Å². The van der Waals surface area contributed by atoms with Crippen molar-refractivity contribution in [1.29, 1.82) is 0 Å². The normalized spacial score (nSPS) is 29.9. The number of benzene rings is 1. The van der Waals surface area contributed by atoms with Gasteiger partial charge in [0.05, 0.1) is 11.2 Å². The number of aromatic nitrogens is 1. The number of rotatable bonds is 3. The number of pyridine rings is 1. The first-order valence-corrected chi connectivity index (χ1v) is 7.91. The quantitative estimate of drug-likeness (QED) is 0.909. The third-order valence-electron chi connectivity index (χ3n) is 5.44. The van der Waals surface area contributed by atoms with Crippen molar-refractivity contribution in [3.63, 3.8) is 0 Å². The van der Waals surface area contributed by atoms with Crippen molar-refractivity contribution in [2.75, 3.05) is 0 Å². The van der Waals surface area contributed by atoms with E-state index >= 15 is 0 Å². The molecule has 0 spiro atoms. The van der Waals surface area contributed by atoms with Crippen LogP contribution in [0.4, 0.5) is 0 Å². The van der Waals surface area contributed by atoms with Crippen molar-refractivity contribution in [2.24, 2.45) is 23.5 Å². The van der Waals surface area contributed by atoms with Crippen molar-refractivity contribution in [3.05, 3.63) is 42.1 Å². The molecule has 0 saturated heterocycles. The minimum absolute atomic E-state index is 0.101. The maximum atomic E-state index is 6.44. The lowest BCUT2D eigenvalue weighted by atomic mass is 9.84. The Morgan fingerprint density at radius 2 is 2.00 bits per heavy atom. The average molecular weight is 266 g/mol. The van der Waals surface area contributed by atoms with E-state index in [0.29, 0.717) is 0 Å². The van der Waals surface area contributed by atoms with Gasteiger partial charge in [0.2, 0.25) is 0 Å². The molecule has 2 heteroatoms. The summed E-state index contributed by atoms with van der Waals surface area (Å²) in [5.41, 5.74) is 8.56. The Kier molecular flexibility index (Phi) is 2.99. The fourth-order valence-electron chi connectivity index (χ4n) is 4.40. The summed E-state index contributed by atoms with van der Waals surface area (Å²) in [6.45, 7) is 0. The molecule has 20 heavy (non-hydrogen) atoms. The molecule has 0 aliphatic heterocycles. The summed E-state index contributed by atoms with van der Waals surface area (Å²) < 4.78 is 0. The van der Waals surface area contributed by atoms with Gasteiger partial charge in [0.15, 0.2) is 0 Å². The van der Waals surface area contributed by atoms with Crippen LogP contribution in [0.3, 0.4) is 0 Å². The second kappa shape index (κ2) is 4.85. The fraction of sp³-hybridized carbons (Fsp3) is 0.500. The Morgan fingerprint density at radius 3 is 2.80 bits per heavy atom. The lowest BCUT2D eigenvalue weighted by Crippen LogP contribution is -2.20. The van der Waals surface area contributed by atoms with Crippen LogP contribution < -0.4 is 5.73 Å². The topological polar surface area (TPSA) is 38.9 Å². The van der Waals surface area contributed by atoms with Crippen molar-refractivity contribution in [1.82, 2.24) is 4.98 Å². The second-order valence-corrected chi connectivity index (χ2v) is 6.71. The Balaban J connectivity index is 1.53. The molecule has 4 rings (SSSR count). The van der Waals surface area contributed by atoms with Crippen molar-refractivity contribution in [3.8, 4) is 0 Å². The number of fused-ring (bicyclic) bond motifs is 3. The van der Waals surface area contributed by atoms with Crippen LogP contribution in [0.5, 0.6) is 0 Å². The van der Waals surface area contributed by atoms with Crippen molar-refractivity contribution < 1.29 is 0 Å². The van der Waals surface area contributed by atoms with E-state index in [0.717, 1.165) is 35.4 Å². The van der Waals surface area contributed by atoms with E-state index in [2.05, 4.69) is 30.3 Å². The zero-order chi connectivity index (χ0) is 13.5. The zero-order valence-electron chi connectivity index (χ0n) is 11.8. The summed E-state index contributed by atoms with van der Waals surface area (Å²) >= 11 is 0. The van der Waals surface area contributed by atoms with Crippen molar-refractivity contribution in [2.45, 2.75) is 38.1 Å². The van der Waals surface area contributed by atoms with E-state index in [9.17, 15) is 0 Å². The highest BCUT2D eigenvalue weighted by Crippen LogP contribution is 2.50. The zero-order valence-corrected chi connectivity index (χ0v) is 11.8. The van der Waals surface area contributed by atoms with Crippen LogP contribution in [-0.4, -0.2) is 4.98 Å². The molecule has 1 heterocycles. The monoisotopic (exact) mass is 266 g/mol. The van der Waals surface area contributed by atoms with E-state index in [1.54, 1.807) is 0 Å². The standard InChI is InChI=1S/C18H22N2/c19-16(11-15-10-12-5-6-14(15)9-12)18-8-7-13-3-1-2-4-17(13)20-18/h1-4,7-8,12,14-16H,5-6,9-11,19H2. The molecule has 1 aromatic heterocycles. The summed E-state index contributed by atoms with van der Waals surface area (Å²) in [5.74, 6) is 2.80. The van der Waals surface area contributed by atoms with Gasteiger partial charge >= 0.3 is 0 Å². The summed E-state index contributed by atoms with van der Waals surface area (Å²) in [5, 5.41) is 1.20.